The Labute approximate surface area is 91.9 Å². The summed E-state index contributed by atoms with van der Waals surface area (Å²) in [5, 5.41) is 4.42. The second-order valence-corrected chi connectivity index (χ2v) is 4.59. The van der Waals surface area contributed by atoms with E-state index in [9.17, 15) is 0 Å². The molecule has 0 radical (unpaired) electrons. The molecule has 0 spiro atoms. The zero-order chi connectivity index (χ0) is 11.4. The first-order chi connectivity index (χ1) is 7.04. The molecule has 1 aromatic heterocycles. The summed E-state index contributed by atoms with van der Waals surface area (Å²) in [6, 6.07) is 0. The van der Waals surface area contributed by atoms with Crippen LogP contribution < -0.4 is 5.73 Å². The fourth-order valence-corrected chi connectivity index (χ4v) is 1.71. The summed E-state index contributed by atoms with van der Waals surface area (Å²) in [7, 11) is 1.96. The smallest absolute Gasteiger partial charge is 0.151 e. The topological polar surface area (TPSA) is 56.7 Å². The van der Waals surface area contributed by atoms with Crippen molar-refractivity contribution in [1.82, 2.24) is 14.8 Å². The number of hydrogen-bond acceptors (Lipinski definition) is 3. The van der Waals surface area contributed by atoms with Crippen molar-refractivity contribution >= 4 is 0 Å². The first-order valence-electron chi connectivity index (χ1n) is 5.64. The summed E-state index contributed by atoms with van der Waals surface area (Å²) in [4.78, 5) is 4.56. The Balaban J connectivity index is 2.76. The molecule has 1 aromatic rings. The molecule has 1 unspecified atom stereocenters. The zero-order valence-corrected chi connectivity index (χ0v) is 10.2. The van der Waals surface area contributed by atoms with Gasteiger partial charge in [0.05, 0.1) is 0 Å². The molecule has 86 valence electrons. The Morgan fingerprint density at radius 1 is 1.33 bits per heavy atom. The Hall–Kier alpha value is -0.900. The summed E-state index contributed by atoms with van der Waals surface area (Å²) >= 11 is 0. The number of aryl methyl sites for hydroxylation is 1. The van der Waals surface area contributed by atoms with Crippen LogP contribution >= 0.6 is 0 Å². The molecule has 1 heterocycles. The summed E-state index contributed by atoms with van der Waals surface area (Å²) in [5.74, 6) is 3.00. The third-order valence-corrected chi connectivity index (χ3v) is 2.47. The van der Waals surface area contributed by atoms with E-state index in [4.69, 9.17) is 5.73 Å². The van der Waals surface area contributed by atoms with Gasteiger partial charge in [0.1, 0.15) is 5.82 Å². The normalized spacial score (nSPS) is 13.5. The van der Waals surface area contributed by atoms with E-state index in [-0.39, 0.29) is 0 Å². The molecule has 1 atom stereocenters. The van der Waals surface area contributed by atoms with Crippen LogP contribution in [0.3, 0.4) is 0 Å². The molecule has 2 N–H and O–H groups in total. The Morgan fingerprint density at radius 2 is 2.00 bits per heavy atom. The van der Waals surface area contributed by atoms with Crippen LogP contribution in [0.4, 0.5) is 0 Å². The van der Waals surface area contributed by atoms with Crippen molar-refractivity contribution in [3.63, 3.8) is 0 Å². The first-order valence-corrected chi connectivity index (χ1v) is 5.64. The van der Waals surface area contributed by atoms with Crippen LogP contribution in [0.25, 0.3) is 0 Å². The molecule has 4 nitrogen and oxygen atoms in total. The lowest BCUT2D eigenvalue weighted by Crippen LogP contribution is -2.09. The maximum absolute atomic E-state index is 5.55. The van der Waals surface area contributed by atoms with E-state index in [1.807, 2.05) is 11.7 Å². The van der Waals surface area contributed by atoms with Gasteiger partial charge in [-0.25, -0.2) is 4.98 Å². The number of hydrogen-bond donors (Lipinski definition) is 1. The van der Waals surface area contributed by atoms with Crippen molar-refractivity contribution in [1.29, 1.82) is 0 Å². The predicted molar refractivity (Wildman–Crippen MR) is 61.6 cm³/mol. The average Bonchev–Trinajstić information content (AvgIpc) is 2.46. The molecular formula is C11H22N4. The molecule has 0 aliphatic carbocycles. The minimum absolute atomic E-state index is 0.397. The van der Waals surface area contributed by atoms with Gasteiger partial charge in [0, 0.05) is 19.4 Å². The van der Waals surface area contributed by atoms with Crippen molar-refractivity contribution in [2.24, 2.45) is 18.7 Å². The SMILES string of the molecule is CC(C)Cc1nc(C(C)CCN)n(C)n1. The lowest BCUT2D eigenvalue weighted by molar-refractivity contribution is 0.589. The third kappa shape index (κ3) is 3.30. The van der Waals surface area contributed by atoms with Gasteiger partial charge in [-0.1, -0.05) is 20.8 Å². The van der Waals surface area contributed by atoms with Gasteiger partial charge in [0.25, 0.3) is 0 Å². The molecule has 0 amide bonds. The van der Waals surface area contributed by atoms with Gasteiger partial charge in [0.2, 0.25) is 0 Å². The van der Waals surface area contributed by atoms with Crippen molar-refractivity contribution in [2.45, 2.75) is 39.5 Å². The molecule has 0 aliphatic heterocycles. The number of aromatic nitrogens is 3. The van der Waals surface area contributed by atoms with Crippen molar-refractivity contribution in [3.05, 3.63) is 11.6 Å². The molecule has 4 heteroatoms. The predicted octanol–water partition coefficient (Wildman–Crippen LogP) is 1.47. The third-order valence-electron chi connectivity index (χ3n) is 2.47. The molecule has 0 bridgehead atoms. The Kier molecular flexibility index (Phi) is 4.27. The average molecular weight is 210 g/mol. The first kappa shape index (κ1) is 12.2. The Bertz CT molecular complexity index is 304. The van der Waals surface area contributed by atoms with Crippen molar-refractivity contribution in [2.75, 3.05) is 6.54 Å². The molecule has 0 aromatic carbocycles. The van der Waals surface area contributed by atoms with E-state index in [2.05, 4.69) is 30.9 Å². The number of nitrogens with zero attached hydrogens (tertiary/aromatic N) is 3. The van der Waals surface area contributed by atoms with Gasteiger partial charge in [0.15, 0.2) is 5.82 Å². The van der Waals surface area contributed by atoms with Crippen LogP contribution in [0, 0.1) is 5.92 Å². The van der Waals surface area contributed by atoms with Gasteiger partial charge >= 0.3 is 0 Å². The standard InChI is InChI=1S/C11H22N4/c1-8(2)7-10-13-11(15(4)14-10)9(3)5-6-12/h8-9H,5-7,12H2,1-4H3. The van der Waals surface area contributed by atoms with E-state index >= 15 is 0 Å². The van der Waals surface area contributed by atoms with E-state index in [1.54, 1.807) is 0 Å². The van der Waals surface area contributed by atoms with Gasteiger partial charge in [-0.2, -0.15) is 5.10 Å². The number of nitrogens with two attached hydrogens (primary N) is 1. The second kappa shape index (κ2) is 5.26. The van der Waals surface area contributed by atoms with Gasteiger partial charge in [-0.05, 0) is 18.9 Å². The molecule has 1 rings (SSSR count). The Morgan fingerprint density at radius 3 is 2.53 bits per heavy atom. The van der Waals surface area contributed by atoms with Crippen molar-refractivity contribution in [3.8, 4) is 0 Å². The summed E-state index contributed by atoms with van der Waals surface area (Å²) < 4.78 is 1.89. The molecule has 0 saturated carbocycles. The van der Waals surface area contributed by atoms with Crippen LogP contribution in [0.1, 0.15) is 44.8 Å². The van der Waals surface area contributed by atoms with Crippen LogP contribution in [-0.2, 0) is 13.5 Å². The van der Waals surface area contributed by atoms with Crippen molar-refractivity contribution < 1.29 is 0 Å². The van der Waals surface area contributed by atoms with E-state index in [0.29, 0.717) is 18.4 Å². The maximum atomic E-state index is 5.55. The molecule has 15 heavy (non-hydrogen) atoms. The number of rotatable bonds is 5. The minimum atomic E-state index is 0.397. The highest BCUT2D eigenvalue weighted by Gasteiger charge is 2.14. The highest BCUT2D eigenvalue weighted by Crippen LogP contribution is 2.16. The van der Waals surface area contributed by atoms with Crippen LogP contribution in [0.15, 0.2) is 0 Å². The van der Waals surface area contributed by atoms with Gasteiger partial charge in [-0.15, -0.1) is 0 Å². The maximum Gasteiger partial charge on any atom is 0.151 e. The quantitative estimate of drug-likeness (QED) is 0.800. The van der Waals surface area contributed by atoms with E-state index < -0.39 is 0 Å². The van der Waals surface area contributed by atoms with Crippen LogP contribution in [0.2, 0.25) is 0 Å². The summed E-state index contributed by atoms with van der Waals surface area (Å²) in [6.45, 7) is 7.21. The summed E-state index contributed by atoms with van der Waals surface area (Å²) in [6.07, 6.45) is 1.91. The molecular weight excluding hydrogens is 188 g/mol. The minimum Gasteiger partial charge on any atom is -0.330 e. The summed E-state index contributed by atoms with van der Waals surface area (Å²) in [5.41, 5.74) is 5.55. The second-order valence-electron chi connectivity index (χ2n) is 4.59. The highest BCUT2D eigenvalue weighted by atomic mass is 15.3. The van der Waals surface area contributed by atoms with E-state index in [0.717, 1.165) is 24.5 Å². The molecule has 0 aliphatic rings. The lowest BCUT2D eigenvalue weighted by atomic mass is 10.1. The largest absolute Gasteiger partial charge is 0.330 e. The van der Waals surface area contributed by atoms with Crippen LogP contribution in [-0.4, -0.2) is 21.3 Å². The zero-order valence-electron chi connectivity index (χ0n) is 10.2. The highest BCUT2D eigenvalue weighted by molar-refractivity contribution is 4.99. The fourth-order valence-electron chi connectivity index (χ4n) is 1.71. The lowest BCUT2D eigenvalue weighted by Gasteiger charge is -2.07. The monoisotopic (exact) mass is 210 g/mol. The molecule has 0 fully saturated rings. The fraction of sp³-hybridized carbons (Fsp3) is 0.818. The molecule has 0 saturated heterocycles. The van der Waals surface area contributed by atoms with Gasteiger partial charge in [-0.3, -0.25) is 4.68 Å². The van der Waals surface area contributed by atoms with E-state index in [1.165, 1.54) is 0 Å². The van der Waals surface area contributed by atoms with Gasteiger partial charge < -0.3 is 5.73 Å². The van der Waals surface area contributed by atoms with Crippen LogP contribution in [0.5, 0.6) is 0 Å².